The number of anilines is 1. The van der Waals surface area contributed by atoms with Gasteiger partial charge in [-0.25, -0.2) is 0 Å². The van der Waals surface area contributed by atoms with Crippen LogP contribution >= 0.6 is 0 Å². The summed E-state index contributed by atoms with van der Waals surface area (Å²) in [7, 11) is 0. The quantitative estimate of drug-likeness (QED) is 0.699. The normalized spacial score (nSPS) is 14.2. The van der Waals surface area contributed by atoms with Crippen LogP contribution in [0.1, 0.15) is 25.3 Å². The van der Waals surface area contributed by atoms with E-state index in [1.807, 2.05) is 30.0 Å². The van der Waals surface area contributed by atoms with E-state index in [9.17, 15) is 4.79 Å². The molecule has 0 aliphatic carbocycles. The number of nitrogens with zero attached hydrogens (tertiary/aromatic N) is 1. The van der Waals surface area contributed by atoms with Gasteiger partial charge in [0.05, 0.1) is 0 Å². The standard InChI is InChI=1S/C12H15NO/c1-2-5-12(14)13-9-8-10-6-3-4-7-11(10)13/h3-4,6-7H,2,5,8-9H2,1H3. The van der Waals surface area contributed by atoms with Crippen LogP contribution in [0.5, 0.6) is 0 Å². The van der Waals surface area contributed by atoms with Crippen LogP contribution in [0.4, 0.5) is 5.69 Å². The fourth-order valence-corrected chi connectivity index (χ4v) is 1.95. The molecule has 1 heterocycles. The number of carbonyl (C=O) groups excluding carboxylic acids is 1. The molecule has 0 spiro atoms. The second kappa shape index (κ2) is 3.82. The molecule has 2 rings (SSSR count). The van der Waals surface area contributed by atoms with Crippen LogP contribution in [0.2, 0.25) is 0 Å². The minimum atomic E-state index is 0.262. The molecule has 1 aromatic carbocycles. The molecule has 1 aliphatic heterocycles. The average molecular weight is 189 g/mol. The van der Waals surface area contributed by atoms with E-state index in [1.165, 1.54) is 5.56 Å². The van der Waals surface area contributed by atoms with Gasteiger partial charge in [-0.2, -0.15) is 0 Å². The molecular weight excluding hydrogens is 174 g/mol. The van der Waals surface area contributed by atoms with E-state index in [0.717, 1.165) is 25.1 Å². The Morgan fingerprint density at radius 2 is 2.21 bits per heavy atom. The first kappa shape index (κ1) is 9.25. The molecule has 0 saturated carbocycles. The van der Waals surface area contributed by atoms with Crippen LogP contribution in [0.25, 0.3) is 0 Å². The number of rotatable bonds is 2. The van der Waals surface area contributed by atoms with Crippen molar-refractivity contribution in [3.8, 4) is 0 Å². The Bertz CT molecular complexity index is 346. The smallest absolute Gasteiger partial charge is 0.226 e. The molecule has 2 nitrogen and oxygen atoms in total. The van der Waals surface area contributed by atoms with E-state index in [4.69, 9.17) is 0 Å². The maximum absolute atomic E-state index is 11.7. The van der Waals surface area contributed by atoms with Crippen molar-refractivity contribution in [2.24, 2.45) is 0 Å². The Morgan fingerprint density at radius 3 is 3.00 bits per heavy atom. The highest BCUT2D eigenvalue weighted by Gasteiger charge is 2.22. The van der Waals surface area contributed by atoms with Crippen molar-refractivity contribution in [3.63, 3.8) is 0 Å². The number of hydrogen-bond donors (Lipinski definition) is 0. The fourth-order valence-electron chi connectivity index (χ4n) is 1.95. The Morgan fingerprint density at radius 1 is 1.43 bits per heavy atom. The molecule has 0 saturated heterocycles. The molecule has 0 atom stereocenters. The fraction of sp³-hybridized carbons (Fsp3) is 0.417. The van der Waals surface area contributed by atoms with Gasteiger partial charge in [0.2, 0.25) is 5.91 Å². The highest BCUT2D eigenvalue weighted by Crippen LogP contribution is 2.27. The molecule has 0 N–H and O–H groups in total. The SMILES string of the molecule is CCCC(=O)N1CCc2ccccc21. The van der Waals surface area contributed by atoms with Crippen molar-refractivity contribution in [1.82, 2.24) is 0 Å². The van der Waals surface area contributed by atoms with Gasteiger partial charge in [-0.15, -0.1) is 0 Å². The lowest BCUT2D eigenvalue weighted by Crippen LogP contribution is -2.28. The monoisotopic (exact) mass is 189 g/mol. The molecule has 1 amide bonds. The Hall–Kier alpha value is -1.31. The summed E-state index contributed by atoms with van der Waals surface area (Å²) in [6.07, 6.45) is 2.59. The number of para-hydroxylation sites is 1. The van der Waals surface area contributed by atoms with E-state index in [2.05, 4.69) is 6.07 Å². The van der Waals surface area contributed by atoms with E-state index in [0.29, 0.717) is 6.42 Å². The number of carbonyl (C=O) groups is 1. The lowest BCUT2D eigenvalue weighted by atomic mass is 10.2. The lowest BCUT2D eigenvalue weighted by Gasteiger charge is -2.16. The summed E-state index contributed by atoms with van der Waals surface area (Å²) in [4.78, 5) is 13.6. The average Bonchev–Trinajstić information content (AvgIpc) is 2.61. The van der Waals surface area contributed by atoms with Crippen molar-refractivity contribution in [1.29, 1.82) is 0 Å². The summed E-state index contributed by atoms with van der Waals surface area (Å²) < 4.78 is 0. The third-order valence-electron chi connectivity index (χ3n) is 2.65. The molecule has 14 heavy (non-hydrogen) atoms. The summed E-state index contributed by atoms with van der Waals surface area (Å²) in [6.45, 7) is 2.90. The maximum Gasteiger partial charge on any atom is 0.226 e. The second-order valence-corrected chi connectivity index (χ2v) is 3.67. The summed E-state index contributed by atoms with van der Waals surface area (Å²) in [5.41, 5.74) is 2.42. The Balaban J connectivity index is 2.21. The molecule has 0 radical (unpaired) electrons. The minimum Gasteiger partial charge on any atom is -0.312 e. The van der Waals surface area contributed by atoms with Gasteiger partial charge in [-0.3, -0.25) is 4.79 Å². The summed E-state index contributed by atoms with van der Waals surface area (Å²) >= 11 is 0. The van der Waals surface area contributed by atoms with Crippen molar-refractivity contribution in [2.45, 2.75) is 26.2 Å². The topological polar surface area (TPSA) is 20.3 Å². The highest BCUT2D eigenvalue weighted by molar-refractivity contribution is 5.95. The van der Waals surface area contributed by atoms with Gasteiger partial charge >= 0.3 is 0 Å². The highest BCUT2D eigenvalue weighted by atomic mass is 16.2. The summed E-state index contributed by atoms with van der Waals surface area (Å²) in [6, 6.07) is 8.17. The van der Waals surface area contributed by atoms with E-state index in [-0.39, 0.29) is 5.91 Å². The van der Waals surface area contributed by atoms with Crippen LogP contribution in [-0.2, 0) is 11.2 Å². The van der Waals surface area contributed by atoms with E-state index in [1.54, 1.807) is 0 Å². The summed E-state index contributed by atoms with van der Waals surface area (Å²) in [5.74, 6) is 0.262. The minimum absolute atomic E-state index is 0.262. The maximum atomic E-state index is 11.7. The van der Waals surface area contributed by atoms with Gasteiger partial charge in [0.15, 0.2) is 0 Å². The molecule has 1 aromatic rings. The van der Waals surface area contributed by atoms with Crippen molar-refractivity contribution in [3.05, 3.63) is 29.8 Å². The number of fused-ring (bicyclic) bond motifs is 1. The largest absolute Gasteiger partial charge is 0.312 e. The second-order valence-electron chi connectivity index (χ2n) is 3.67. The van der Waals surface area contributed by atoms with Crippen LogP contribution in [0.3, 0.4) is 0 Å². The van der Waals surface area contributed by atoms with Crippen molar-refractivity contribution >= 4 is 11.6 Å². The molecule has 2 heteroatoms. The van der Waals surface area contributed by atoms with Crippen molar-refractivity contribution in [2.75, 3.05) is 11.4 Å². The first-order chi connectivity index (χ1) is 6.83. The Labute approximate surface area is 84.5 Å². The molecule has 0 fully saturated rings. The van der Waals surface area contributed by atoms with Crippen LogP contribution in [-0.4, -0.2) is 12.5 Å². The number of amides is 1. The van der Waals surface area contributed by atoms with Gasteiger partial charge in [0.1, 0.15) is 0 Å². The first-order valence-corrected chi connectivity index (χ1v) is 5.21. The van der Waals surface area contributed by atoms with Crippen LogP contribution in [0, 0.1) is 0 Å². The van der Waals surface area contributed by atoms with Crippen molar-refractivity contribution < 1.29 is 4.79 Å². The molecule has 74 valence electrons. The van der Waals surface area contributed by atoms with E-state index < -0.39 is 0 Å². The third kappa shape index (κ3) is 1.52. The Kier molecular flexibility index (Phi) is 2.53. The van der Waals surface area contributed by atoms with Gasteiger partial charge in [0, 0.05) is 18.7 Å². The predicted octanol–water partition coefficient (Wildman–Crippen LogP) is 2.38. The van der Waals surface area contributed by atoms with Gasteiger partial charge in [-0.1, -0.05) is 25.1 Å². The molecule has 0 bridgehead atoms. The molecular formula is C12H15NO. The third-order valence-corrected chi connectivity index (χ3v) is 2.65. The van der Waals surface area contributed by atoms with Gasteiger partial charge < -0.3 is 4.90 Å². The van der Waals surface area contributed by atoms with Crippen LogP contribution < -0.4 is 4.90 Å². The number of benzene rings is 1. The molecule has 0 aromatic heterocycles. The molecule has 1 aliphatic rings. The van der Waals surface area contributed by atoms with Crippen LogP contribution in [0.15, 0.2) is 24.3 Å². The number of hydrogen-bond acceptors (Lipinski definition) is 1. The zero-order valence-electron chi connectivity index (χ0n) is 8.49. The first-order valence-electron chi connectivity index (χ1n) is 5.21. The predicted molar refractivity (Wildman–Crippen MR) is 57.4 cm³/mol. The lowest BCUT2D eigenvalue weighted by molar-refractivity contribution is -0.118. The van der Waals surface area contributed by atoms with Gasteiger partial charge in [0.25, 0.3) is 0 Å². The van der Waals surface area contributed by atoms with E-state index >= 15 is 0 Å². The van der Waals surface area contributed by atoms with Gasteiger partial charge in [-0.05, 0) is 24.5 Å². The summed E-state index contributed by atoms with van der Waals surface area (Å²) in [5, 5.41) is 0. The molecule has 0 unspecified atom stereocenters. The zero-order valence-corrected chi connectivity index (χ0v) is 8.49. The zero-order chi connectivity index (χ0) is 9.97.